The van der Waals surface area contributed by atoms with Crippen LogP contribution in [0, 0.1) is 0 Å². The van der Waals surface area contributed by atoms with Crippen LogP contribution in [0.4, 0.5) is 4.79 Å². The van der Waals surface area contributed by atoms with E-state index < -0.39 is 17.8 Å². The minimum Gasteiger partial charge on any atom is -0.380 e. The number of amides is 4. The molecule has 1 heterocycles. The van der Waals surface area contributed by atoms with Gasteiger partial charge < -0.3 is 4.74 Å². The minimum absolute atomic E-state index is 0.196. The molecule has 0 saturated carbocycles. The lowest BCUT2D eigenvalue weighted by atomic mass is 10.3. The van der Waals surface area contributed by atoms with Crippen molar-refractivity contribution >= 4 is 17.8 Å². The van der Waals surface area contributed by atoms with E-state index in [-0.39, 0.29) is 13.0 Å². The van der Waals surface area contributed by atoms with E-state index in [2.05, 4.69) is 12.2 Å². The molecule has 0 spiro atoms. The standard InChI is InChI=1S/C10H16N2O4/c1-2-3-5-16-6-4-12-9(14)7-8(13)11-10(12)15/h2-7H2,1H3,(H,11,13,15). The van der Waals surface area contributed by atoms with Gasteiger partial charge in [0, 0.05) is 6.61 Å². The average molecular weight is 228 g/mol. The molecule has 0 unspecified atom stereocenters. The zero-order valence-corrected chi connectivity index (χ0v) is 9.32. The SMILES string of the molecule is CCCCOCCN1C(=O)CC(=O)NC1=O. The van der Waals surface area contributed by atoms with E-state index in [0.717, 1.165) is 17.7 Å². The number of nitrogens with zero attached hydrogens (tertiary/aromatic N) is 1. The number of carbonyl (C=O) groups is 3. The third-order valence-electron chi connectivity index (χ3n) is 2.21. The molecule has 0 atom stereocenters. The fourth-order valence-corrected chi connectivity index (χ4v) is 1.31. The van der Waals surface area contributed by atoms with Gasteiger partial charge in [-0.15, -0.1) is 0 Å². The Labute approximate surface area is 93.9 Å². The summed E-state index contributed by atoms with van der Waals surface area (Å²) in [4.78, 5) is 34.4. The zero-order chi connectivity index (χ0) is 12.0. The summed E-state index contributed by atoms with van der Waals surface area (Å²) in [6.07, 6.45) is 1.73. The zero-order valence-electron chi connectivity index (χ0n) is 9.32. The van der Waals surface area contributed by atoms with Gasteiger partial charge in [-0.1, -0.05) is 13.3 Å². The lowest BCUT2D eigenvalue weighted by Crippen LogP contribution is -2.53. The van der Waals surface area contributed by atoms with Crippen LogP contribution in [0.25, 0.3) is 0 Å². The number of nitrogens with one attached hydrogen (secondary N) is 1. The van der Waals surface area contributed by atoms with Crippen LogP contribution in [0.2, 0.25) is 0 Å². The molecular formula is C10H16N2O4. The van der Waals surface area contributed by atoms with E-state index in [9.17, 15) is 14.4 Å². The van der Waals surface area contributed by atoms with Crippen LogP contribution < -0.4 is 5.32 Å². The van der Waals surface area contributed by atoms with Crippen molar-refractivity contribution in [3.05, 3.63) is 0 Å². The van der Waals surface area contributed by atoms with Gasteiger partial charge in [-0.25, -0.2) is 4.79 Å². The second-order valence-electron chi connectivity index (χ2n) is 3.54. The number of hydrogen-bond donors (Lipinski definition) is 1. The first-order valence-corrected chi connectivity index (χ1v) is 5.37. The van der Waals surface area contributed by atoms with Gasteiger partial charge in [0.25, 0.3) is 0 Å². The van der Waals surface area contributed by atoms with E-state index in [1.807, 2.05) is 0 Å². The summed E-state index contributed by atoms with van der Waals surface area (Å²) in [5.74, 6) is -1.01. The Kier molecular flexibility index (Phi) is 4.91. The summed E-state index contributed by atoms with van der Waals surface area (Å²) in [5, 5.41) is 2.08. The maximum Gasteiger partial charge on any atom is 0.330 e. The van der Waals surface area contributed by atoms with Crippen molar-refractivity contribution < 1.29 is 19.1 Å². The molecule has 1 aliphatic heterocycles. The summed E-state index contributed by atoms with van der Waals surface area (Å²) in [5.41, 5.74) is 0. The number of barbiturate groups is 1. The molecule has 90 valence electrons. The molecule has 0 aliphatic carbocycles. The monoisotopic (exact) mass is 228 g/mol. The number of unbranched alkanes of at least 4 members (excludes halogenated alkanes) is 1. The molecule has 1 rings (SSSR count). The van der Waals surface area contributed by atoms with E-state index in [0.29, 0.717) is 13.2 Å². The number of imide groups is 2. The molecular weight excluding hydrogens is 212 g/mol. The van der Waals surface area contributed by atoms with Crippen LogP contribution in [-0.2, 0) is 14.3 Å². The smallest absolute Gasteiger partial charge is 0.330 e. The molecule has 16 heavy (non-hydrogen) atoms. The second-order valence-corrected chi connectivity index (χ2v) is 3.54. The van der Waals surface area contributed by atoms with Gasteiger partial charge >= 0.3 is 6.03 Å². The highest BCUT2D eigenvalue weighted by Crippen LogP contribution is 2.02. The van der Waals surface area contributed by atoms with Gasteiger partial charge in [-0.2, -0.15) is 0 Å². The van der Waals surface area contributed by atoms with Crippen molar-refractivity contribution in [3.8, 4) is 0 Å². The summed E-state index contributed by atoms with van der Waals surface area (Å²) in [7, 11) is 0. The Morgan fingerprint density at radius 2 is 2.06 bits per heavy atom. The van der Waals surface area contributed by atoms with E-state index in [1.54, 1.807) is 0 Å². The lowest BCUT2D eigenvalue weighted by molar-refractivity contribution is -0.136. The highest BCUT2D eigenvalue weighted by Gasteiger charge is 2.30. The van der Waals surface area contributed by atoms with Crippen LogP contribution >= 0.6 is 0 Å². The molecule has 1 fully saturated rings. The first-order valence-electron chi connectivity index (χ1n) is 5.37. The lowest BCUT2D eigenvalue weighted by Gasteiger charge is -2.24. The Balaban J connectivity index is 2.27. The van der Waals surface area contributed by atoms with Crippen molar-refractivity contribution in [2.75, 3.05) is 19.8 Å². The van der Waals surface area contributed by atoms with Crippen molar-refractivity contribution in [3.63, 3.8) is 0 Å². The molecule has 0 bridgehead atoms. The van der Waals surface area contributed by atoms with Gasteiger partial charge in [-0.3, -0.25) is 19.8 Å². The molecule has 1 saturated heterocycles. The molecule has 6 heteroatoms. The molecule has 4 amide bonds. The van der Waals surface area contributed by atoms with Crippen LogP contribution in [0.5, 0.6) is 0 Å². The Bertz CT molecular complexity index is 271. The third-order valence-corrected chi connectivity index (χ3v) is 2.21. The number of carbonyl (C=O) groups excluding carboxylic acids is 3. The highest BCUT2D eigenvalue weighted by atomic mass is 16.5. The topological polar surface area (TPSA) is 75.7 Å². The predicted octanol–water partition coefficient (Wildman–Crippen LogP) is 0.272. The number of hydrogen-bond acceptors (Lipinski definition) is 4. The predicted molar refractivity (Wildman–Crippen MR) is 55.6 cm³/mol. The Morgan fingerprint density at radius 3 is 2.69 bits per heavy atom. The van der Waals surface area contributed by atoms with Crippen LogP contribution in [-0.4, -0.2) is 42.5 Å². The fourth-order valence-electron chi connectivity index (χ4n) is 1.31. The third kappa shape index (κ3) is 3.62. The highest BCUT2D eigenvalue weighted by molar-refractivity contribution is 6.14. The quantitative estimate of drug-likeness (QED) is 0.523. The van der Waals surface area contributed by atoms with Gasteiger partial charge in [0.05, 0.1) is 13.2 Å². The second kappa shape index (κ2) is 6.22. The van der Waals surface area contributed by atoms with Crippen LogP contribution in [0.1, 0.15) is 26.2 Å². The molecule has 1 N–H and O–H groups in total. The molecule has 0 aromatic heterocycles. The number of urea groups is 1. The maximum atomic E-state index is 11.3. The van der Waals surface area contributed by atoms with Crippen LogP contribution in [0.15, 0.2) is 0 Å². The number of rotatable bonds is 6. The average Bonchev–Trinajstić information content (AvgIpc) is 2.20. The van der Waals surface area contributed by atoms with Crippen LogP contribution in [0.3, 0.4) is 0 Å². The number of ether oxygens (including phenoxy) is 1. The first kappa shape index (κ1) is 12.6. The minimum atomic E-state index is -0.652. The van der Waals surface area contributed by atoms with E-state index in [4.69, 9.17) is 4.74 Å². The maximum absolute atomic E-state index is 11.3. The van der Waals surface area contributed by atoms with Gasteiger partial charge in [0.2, 0.25) is 11.8 Å². The van der Waals surface area contributed by atoms with Crippen molar-refractivity contribution in [1.29, 1.82) is 0 Å². The molecule has 0 aromatic carbocycles. The first-order chi connectivity index (χ1) is 7.65. The largest absolute Gasteiger partial charge is 0.380 e. The molecule has 0 radical (unpaired) electrons. The van der Waals surface area contributed by atoms with Gasteiger partial charge in [-0.05, 0) is 6.42 Å². The Hall–Kier alpha value is -1.43. The summed E-state index contributed by atoms with van der Waals surface area (Å²) in [6.45, 7) is 3.19. The summed E-state index contributed by atoms with van der Waals surface area (Å²) >= 11 is 0. The van der Waals surface area contributed by atoms with E-state index in [1.165, 1.54) is 0 Å². The van der Waals surface area contributed by atoms with Crippen molar-refractivity contribution in [2.24, 2.45) is 0 Å². The molecule has 1 aliphatic rings. The van der Waals surface area contributed by atoms with E-state index >= 15 is 0 Å². The van der Waals surface area contributed by atoms with Crippen molar-refractivity contribution in [1.82, 2.24) is 10.2 Å². The van der Waals surface area contributed by atoms with Gasteiger partial charge in [0.1, 0.15) is 6.42 Å². The molecule has 0 aromatic rings. The summed E-state index contributed by atoms with van der Waals surface area (Å²) in [6, 6.07) is -0.652. The Morgan fingerprint density at radius 1 is 1.31 bits per heavy atom. The van der Waals surface area contributed by atoms with Crippen molar-refractivity contribution in [2.45, 2.75) is 26.2 Å². The van der Waals surface area contributed by atoms with Gasteiger partial charge in [0.15, 0.2) is 0 Å². The normalized spacial score (nSPS) is 16.6. The summed E-state index contributed by atoms with van der Waals surface area (Å²) < 4.78 is 5.24. The fraction of sp³-hybridized carbons (Fsp3) is 0.700. The molecule has 6 nitrogen and oxygen atoms in total.